The standard InChI is InChI=1S/C16H24N2O3S/c1-4-17-16(19)14-5-7-15(8-6-14)22(20,21)18-10-12(2)9-13(3)11-18/h5-8,12-13H,4,9-11H2,1-3H3,(H,17,19). The Bertz CT molecular complexity index is 615. The predicted molar refractivity (Wildman–Crippen MR) is 86.2 cm³/mol. The molecule has 2 atom stereocenters. The van der Waals surface area contributed by atoms with Gasteiger partial charge in [-0.3, -0.25) is 4.79 Å². The Kier molecular flexibility index (Phi) is 5.24. The summed E-state index contributed by atoms with van der Waals surface area (Å²) in [4.78, 5) is 12.0. The van der Waals surface area contributed by atoms with Gasteiger partial charge in [-0.05, 0) is 49.4 Å². The minimum absolute atomic E-state index is 0.188. The molecule has 0 spiro atoms. The van der Waals surface area contributed by atoms with Crippen LogP contribution in [-0.2, 0) is 10.0 Å². The Morgan fingerprint density at radius 2 is 1.73 bits per heavy atom. The highest BCUT2D eigenvalue weighted by Gasteiger charge is 2.31. The summed E-state index contributed by atoms with van der Waals surface area (Å²) in [5.41, 5.74) is 0.473. The zero-order valence-corrected chi connectivity index (χ0v) is 14.2. The number of hydrogen-bond acceptors (Lipinski definition) is 3. The van der Waals surface area contributed by atoms with Gasteiger partial charge in [0.05, 0.1) is 4.90 Å². The van der Waals surface area contributed by atoms with Crippen molar-refractivity contribution in [3.8, 4) is 0 Å². The van der Waals surface area contributed by atoms with E-state index in [4.69, 9.17) is 0 Å². The first-order valence-electron chi connectivity index (χ1n) is 7.73. The van der Waals surface area contributed by atoms with Crippen LogP contribution in [0.5, 0.6) is 0 Å². The molecular weight excluding hydrogens is 300 g/mol. The molecule has 1 aromatic carbocycles. The number of hydrogen-bond donors (Lipinski definition) is 1. The summed E-state index contributed by atoms with van der Waals surface area (Å²) in [7, 11) is -3.48. The molecule has 2 unspecified atom stereocenters. The second-order valence-electron chi connectivity index (χ2n) is 6.15. The molecule has 6 heteroatoms. The van der Waals surface area contributed by atoms with Crippen molar-refractivity contribution in [2.75, 3.05) is 19.6 Å². The number of piperidine rings is 1. The highest BCUT2D eigenvalue weighted by Crippen LogP contribution is 2.26. The highest BCUT2D eigenvalue weighted by molar-refractivity contribution is 7.89. The summed E-state index contributed by atoms with van der Waals surface area (Å²) in [6.45, 7) is 7.67. The van der Waals surface area contributed by atoms with Crippen LogP contribution in [0.25, 0.3) is 0 Å². The van der Waals surface area contributed by atoms with E-state index >= 15 is 0 Å². The molecule has 1 heterocycles. The van der Waals surface area contributed by atoms with Crippen LogP contribution in [0.4, 0.5) is 0 Å². The maximum atomic E-state index is 12.7. The Morgan fingerprint density at radius 3 is 2.23 bits per heavy atom. The van der Waals surface area contributed by atoms with Crippen molar-refractivity contribution in [2.45, 2.75) is 32.1 Å². The van der Waals surface area contributed by atoms with Crippen molar-refractivity contribution >= 4 is 15.9 Å². The van der Waals surface area contributed by atoms with Crippen molar-refractivity contribution in [3.05, 3.63) is 29.8 Å². The maximum Gasteiger partial charge on any atom is 0.251 e. The third kappa shape index (κ3) is 3.67. The number of carbonyl (C=O) groups excluding carboxylic acids is 1. The van der Waals surface area contributed by atoms with Crippen LogP contribution in [0, 0.1) is 11.8 Å². The lowest BCUT2D eigenvalue weighted by atomic mass is 9.94. The van der Waals surface area contributed by atoms with Gasteiger partial charge < -0.3 is 5.32 Å². The van der Waals surface area contributed by atoms with Crippen molar-refractivity contribution in [1.29, 1.82) is 0 Å². The Morgan fingerprint density at radius 1 is 1.18 bits per heavy atom. The van der Waals surface area contributed by atoms with Crippen LogP contribution in [0.3, 0.4) is 0 Å². The summed E-state index contributed by atoms with van der Waals surface area (Å²) in [6.07, 6.45) is 1.06. The van der Waals surface area contributed by atoms with Gasteiger partial charge in [-0.2, -0.15) is 4.31 Å². The van der Waals surface area contributed by atoms with Gasteiger partial charge >= 0.3 is 0 Å². The molecule has 5 nitrogen and oxygen atoms in total. The van der Waals surface area contributed by atoms with E-state index in [1.807, 2.05) is 6.92 Å². The molecule has 0 radical (unpaired) electrons. The molecule has 1 N–H and O–H groups in total. The molecule has 1 amide bonds. The molecule has 2 rings (SSSR count). The number of benzene rings is 1. The van der Waals surface area contributed by atoms with Crippen molar-refractivity contribution in [2.24, 2.45) is 11.8 Å². The fourth-order valence-electron chi connectivity index (χ4n) is 2.99. The fraction of sp³-hybridized carbons (Fsp3) is 0.562. The van der Waals surface area contributed by atoms with E-state index in [-0.39, 0.29) is 10.8 Å². The van der Waals surface area contributed by atoms with E-state index in [0.717, 1.165) is 6.42 Å². The van der Waals surface area contributed by atoms with Gasteiger partial charge in [-0.25, -0.2) is 8.42 Å². The van der Waals surface area contributed by atoms with Crippen LogP contribution in [0.15, 0.2) is 29.2 Å². The molecule has 0 aromatic heterocycles. The molecule has 1 saturated heterocycles. The average Bonchev–Trinajstić information content (AvgIpc) is 2.46. The minimum Gasteiger partial charge on any atom is -0.352 e. The van der Waals surface area contributed by atoms with Gasteiger partial charge in [0.15, 0.2) is 0 Å². The molecule has 1 aliphatic rings. The van der Waals surface area contributed by atoms with E-state index in [1.54, 1.807) is 16.4 Å². The number of nitrogens with one attached hydrogen (secondary N) is 1. The zero-order valence-electron chi connectivity index (χ0n) is 13.4. The first kappa shape index (κ1) is 17.0. The third-order valence-electron chi connectivity index (χ3n) is 3.93. The van der Waals surface area contributed by atoms with E-state index < -0.39 is 10.0 Å². The monoisotopic (exact) mass is 324 g/mol. The summed E-state index contributed by atoms with van der Waals surface area (Å²) < 4.78 is 27.0. The first-order chi connectivity index (χ1) is 10.3. The maximum absolute atomic E-state index is 12.7. The SMILES string of the molecule is CCNC(=O)c1ccc(S(=O)(=O)N2CC(C)CC(C)C2)cc1. The van der Waals surface area contributed by atoms with E-state index in [2.05, 4.69) is 19.2 Å². The lowest BCUT2D eigenvalue weighted by Crippen LogP contribution is -2.42. The van der Waals surface area contributed by atoms with Gasteiger partial charge in [0.25, 0.3) is 5.91 Å². The van der Waals surface area contributed by atoms with Gasteiger partial charge in [0, 0.05) is 25.2 Å². The van der Waals surface area contributed by atoms with Crippen LogP contribution in [-0.4, -0.2) is 38.3 Å². The van der Waals surface area contributed by atoms with Crippen LogP contribution in [0.1, 0.15) is 37.6 Å². The van der Waals surface area contributed by atoms with Crippen molar-refractivity contribution < 1.29 is 13.2 Å². The van der Waals surface area contributed by atoms with E-state index in [1.165, 1.54) is 12.1 Å². The smallest absolute Gasteiger partial charge is 0.251 e. The first-order valence-corrected chi connectivity index (χ1v) is 9.17. The normalized spacial score (nSPS) is 23.2. The Balaban J connectivity index is 2.21. The summed E-state index contributed by atoms with van der Waals surface area (Å²) in [6, 6.07) is 6.16. The van der Waals surface area contributed by atoms with Crippen LogP contribution >= 0.6 is 0 Å². The Labute approximate surface area is 132 Å². The molecule has 122 valence electrons. The molecule has 0 saturated carbocycles. The topological polar surface area (TPSA) is 66.5 Å². The lowest BCUT2D eigenvalue weighted by Gasteiger charge is -2.34. The molecule has 22 heavy (non-hydrogen) atoms. The zero-order chi connectivity index (χ0) is 16.3. The van der Waals surface area contributed by atoms with Crippen LogP contribution < -0.4 is 5.32 Å². The third-order valence-corrected chi connectivity index (χ3v) is 5.77. The number of carbonyl (C=O) groups is 1. The fourth-order valence-corrected chi connectivity index (χ4v) is 4.67. The van der Waals surface area contributed by atoms with Gasteiger partial charge in [-0.15, -0.1) is 0 Å². The second kappa shape index (κ2) is 6.79. The largest absolute Gasteiger partial charge is 0.352 e. The van der Waals surface area contributed by atoms with Gasteiger partial charge in [0.1, 0.15) is 0 Å². The summed E-state index contributed by atoms with van der Waals surface area (Å²) in [5.74, 6) is 0.549. The highest BCUT2D eigenvalue weighted by atomic mass is 32.2. The molecule has 1 aromatic rings. The van der Waals surface area contributed by atoms with E-state index in [0.29, 0.717) is 37.0 Å². The van der Waals surface area contributed by atoms with Crippen molar-refractivity contribution in [1.82, 2.24) is 9.62 Å². The molecular formula is C16H24N2O3S. The lowest BCUT2D eigenvalue weighted by molar-refractivity contribution is 0.0955. The molecule has 0 bridgehead atoms. The van der Waals surface area contributed by atoms with Crippen LogP contribution in [0.2, 0.25) is 0 Å². The minimum atomic E-state index is -3.48. The molecule has 1 aliphatic heterocycles. The quantitative estimate of drug-likeness (QED) is 0.922. The summed E-state index contributed by atoms with van der Waals surface area (Å²) >= 11 is 0. The number of rotatable bonds is 4. The van der Waals surface area contributed by atoms with Gasteiger partial charge in [-0.1, -0.05) is 13.8 Å². The van der Waals surface area contributed by atoms with E-state index in [9.17, 15) is 13.2 Å². The number of nitrogens with zero attached hydrogens (tertiary/aromatic N) is 1. The van der Waals surface area contributed by atoms with Gasteiger partial charge in [0.2, 0.25) is 10.0 Å². The van der Waals surface area contributed by atoms with Crippen molar-refractivity contribution in [3.63, 3.8) is 0 Å². The second-order valence-corrected chi connectivity index (χ2v) is 8.09. The Hall–Kier alpha value is -1.40. The number of sulfonamides is 1. The molecule has 1 fully saturated rings. The number of amides is 1. The summed E-state index contributed by atoms with van der Waals surface area (Å²) in [5, 5.41) is 2.70. The predicted octanol–water partition coefficient (Wildman–Crippen LogP) is 2.10. The average molecular weight is 324 g/mol. The molecule has 0 aliphatic carbocycles.